The minimum Gasteiger partial charge on any atom is -0.352 e. The molecule has 0 aromatic carbocycles. The molecule has 16 heavy (non-hydrogen) atoms. The van der Waals surface area contributed by atoms with E-state index < -0.39 is 5.54 Å². The highest BCUT2D eigenvalue weighted by Crippen LogP contribution is 2.30. The third-order valence-corrected chi connectivity index (χ3v) is 3.58. The molecule has 3 N–H and O–H groups in total. The number of nitrogens with two attached hydrogens (primary N) is 1. The molecule has 3 heteroatoms. The van der Waals surface area contributed by atoms with Gasteiger partial charge in [-0.2, -0.15) is 0 Å². The molecule has 1 amide bonds. The third kappa shape index (κ3) is 3.48. The summed E-state index contributed by atoms with van der Waals surface area (Å²) in [7, 11) is 0. The van der Waals surface area contributed by atoms with Crippen molar-refractivity contribution in [2.45, 2.75) is 70.9 Å². The normalized spacial score (nSPS) is 32.1. The van der Waals surface area contributed by atoms with Crippen molar-refractivity contribution in [3.8, 4) is 0 Å². The molecule has 3 nitrogen and oxygen atoms in total. The molecule has 0 aromatic heterocycles. The molecule has 1 rings (SSSR count). The molecule has 0 aromatic rings. The van der Waals surface area contributed by atoms with Gasteiger partial charge in [0.25, 0.3) is 0 Å². The van der Waals surface area contributed by atoms with E-state index in [1.165, 1.54) is 6.42 Å². The third-order valence-electron chi connectivity index (χ3n) is 3.58. The Balaban J connectivity index is 2.51. The van der Waals surface area contributed by atoms with Crippen molar-refractivity contribution in [3.63, 3.8) is 0 Å². The zero-order chi connectivity index (χ0) is 12.2. The van der Waals surface area contributed by atoms with Crippen LogP contribution in [-0.2, 0) is 4.79 Å². The molecule has 3 unspecified atom stereocenters. The average Bonchev–Trinajstić information content (AvgIpc) is 2.17. The topological polar surface area (TPSA) is 55.1 Å². The highest BCUT2D eigenvalue weighted by Gasteiger charge is 2.38. The Morgan fingerprint density at radius 3 is 2.88 bits per heavy atom. The standard InChI is InChI=1S/C13H26N2O/c1-4-6-11(3)15-12(16)13(14)8-5-7-10(2)9-13/h10-11H,4-9,14H2,1-3H3,(H,15,16). The largest absolute Gasteiger partial charge is 0.352 e. The summed E-state index contributed by atoms with van der Waals surface area (Å²) < 4.78 is 0. The fourth-order valence-electron chi connectivity index (χ4n) is 2.67. The van der Waals surface area contributed by atoms with E-state index in [0.29, 0.717) is 5.92 Å². The minimum absolute atomic E-state index is 0.0556. The summed E-state index contributed by atoms with van der Waals surface area (Å²) in [4.78, 5) is 12.1. The van der Waals surface area contributed by atoms with Gasteiger partial charge < -0.3 is 11.1 Å². The lowest BCUT2D eigenvalue weighted by molar-refractivity contribution is -0.128. The van der Waals surface area contributed by atoms with Crippen LogP contribution in [0.3, 0.4) is 0 Å². The molecule has 1 fully saturated rings. The van der Waals surface area contributed by atoms with Gasteiger partial charge in [-0.25, -0.2) is 0 Å². The Morgan fingerprint density at radius 1 is 1.62 bits per heavy atom. The van der Waals surface area contributed by atoms with E-state index in [1.54, 1.807) is 0 Å². The van der Waals surface area contributed by atoms with Crippen LogP contribution in [-0.4, -0.2) is 17.5 Å². The molecule has 0 saturated heterocycles. The van der Waals surface area contributed by atoms with Gasteiger partial charge in [-0.05, 0) is 32.1 Å². The molecule has 0 heterocycles. The van der Waals surface area contributed by atoms with Crippen LogP contribution in [0.4, 0.5) is 0 Å². The number of carbonyl (C=O) groups is 1. The Bertz CT molecular complexity index is 242. The van der Waals surface area contributed by atoms with Gasteiger partial charge in [0, 0.05) is 6.04 Å². The maximum atomic E-state index is 12.1. The van der Waals surface area contributed by atoms with E-state index >= 15 is 0 Å². The lowest BCUT2D eigenvalue weighted by Crippen LogP contribution is -2.57. The predicted molar refractivity (Wildman–Crippen MR) is 67.1 cm³/mol. The van der Waals surface area contributed by atoms with Crippen molar-refractivity contribution in [1.82, 2.24) is 5.32 Å². The van der Waals surface area contributed by atoms with Gasteiger partial charge in [-0.1, -0.05) is 33.1 Å². The minimum atomic E-state index is -0.611. The summed E-state index contributed by atoms with van der Waals surface area (Å²) in [5, 5.41) is 3.05. The first-order valence-corrected chi connectivity index (χ1v) is 6.58. The second-order valence-corrected chi connectivity index (χ2v) is 5.52. The molecular weight excluding hydrogens is 200 g/mol. The first-order chi connectivity index (χ1) is 7.48. The van der Waals surface area contributed by atoms with Crippen molar-refractivity contribution in [1.29, 1.82) is 0 Å². The van der Waals surface area contributed by atoms with Gasteiger partial charge >= 0.3 is 0 Å². The molecular formula is C13H26N2O. The lowest BCUT2D eigenvalue weighted by atomic mass is 9.76. The molecule has 0 aliphatic heterocycles. The number of carbonyl (C=O) groups excluding carboxylic acids is 1. The van der Waals surface area contributed by atoms with E-state index in [1.807, 2.05) is 0 Å². The van der Waals surface area contributed by atoms with Gasteiger partial charge in [0.05, 0.1) is 5.54 Å². The summed E-state index contributed by atoms with van der Waals surface area (Å²) in [6, 6.07) is 0.246. The first kappa shape index (κ1) is 13.5. The smallest absolute Gasteiger partial charge is 0.240 e. The van der Waals surface area contributed by atoms with Crippen LogP contribution in [0.1, 0.15) is 59.3 Å². The summed E-state index contributed by atoms with van der Waals surface area (Å²) in [5.74, 6) is 0.631. The van der Waals surface area contributed by atoms with Gasteiger partial charge in [0.1, 0.15) is 0 Å². The number of nitrogens with one attached hydrogen (secondary N) is 1. The quantitative estimate of drug-likeness (QED) is 0.772. The number of rotatable bonds is 4. The van der Waals surface area contributed by atoms with Crippen LogP contribution >= 0.6 is 0 Å². The summed E-state index contributed by atoms with van der Waals surface area (Å²) in [6.45, 7) is 6.37. The van der Waals surface area contributed by atoms with Crippen molar-refractivity contribution < 1.29 is 4.79 Å². The molecule has 94 valence electrons. The van der Waals surface area contributed by atoms with Gasteiger partial charge in [0.15, 0.2) is 0 Å². The number of hydrogen-bond acceptors (Lipinski definition) is 2. The lowest BCUT2D eigenvalue weighted by Gasteiger charge is -2.36. The SMILES string of the molecule is CCCC(C)NC(=O)C1(N)CCCC(C)C1. The Morgan fingerprint density at radius 2 is 2.31 bits per heavy atom. The Labute approximate surface area is 99.2 Å². The van der Waals surface area contributed by atoms with Crippen LogP contribution in [0.25, 0.3) is 0 Å². The zero-order valence-electron chi connectivity index (χ0n) is 10.9. The van der Waals surface area contributed by atoms with Crippen molar-refractivity contribution in [2.75, 3.05) is 0 Å². The fraction of sp³-hybridized carbons (Fsp3) is 0.923. The van der Waals surface area contributed by atoms with E-state index in [0.717, 1.165) is 32.1 Å². The summed E-state index contributed by atoms with van der Waals surface area (Å²) in [5.41, 5.74) is 5.61. The Kier molecular flexibility index (Phi) is 4.78. The van der Waals surface area contributed by atoms with Gasteiger partial charge in [-0.15, -0.1) is 0 Å². The van der Waals surface area contributed by atoms with E-state index in [4.69, 9.17) is 5.73 Å². The molecule has 3 atom stereocenters. The first-order valence-electron chi connectivity index (χ1n) is 6.58. The second-order valence-electron chi connectivity index (χ2n) is 5.52. The zero-order valence-corrected chi connectivity index (χ0v) is 10.9. The van der Waals surface area contributed by atoms with Crippen LogP contribution in [0.2, 0.25) is 0 Å². The van der Waals surface area contributed by atoms with E-state index in [2.05, 4.69) is 26.1 Å². The van der Waals surface area contributed by atoms with Crippen LogP contribution in [0.5, 0.6) is 0 Å². The average molecular weight is 226 g/mol. The fourth-order valence-corrected chi connectivity index (χ4v) is 2.67. The maximum absolute atomic E-state index is 12.1. The van der Waals surface area contributed by atoms with Crippen molar-refractivity contribution in [3.05, 3.63) is 0 Å². The Hall–Kier alpha value is -0.570. The molecule has 0 spiro atoms. The summed E-state index contributed by atoms with van der Waals surface area (Å²) >= 11 is 0. The molecule has 1 aliphatic rings. The van der Waals surface area contributed by atoms with Crippen LogP contribution < -0.4 is 11.1 Å². The second kappa shape index (κ2) is 5.67. The highest BCUT2D eigenvalue weighted by atomic mass is 16.2. The van der Waals surface area contributed by atoms with Crippen LogP contribution in [0.15, 0.2) is 0 Å². The van der Waals surface area contributed by atoms with E-state index in [9.17, 15) is 4.79 Å². The molecule has 0 bridgehead atoms. The number of hydrogen-bond donors (Lipinski definition) is 2. The van der Waals surface area contributed by atoms with Crippen molar-refractivity contribution in [2.24, 2.45) is 11.7 Å². The van der Waals surface area contributed by atoms with E-state index in [-0.39, 0.29) is 11.9 Å². The predicted octanol–water partition coefficient (Wildman–Crippen LogP) is 2.20. The number of amides is 1. The van der Waals surface area contributed by atoms with Crippen molar-refractivity contribution >= 4 is 5.91 Å². The monoisotopic (exact) mass is 226 g/mol. The highest BCUT2D eigenvalue weighted by molar-refractivity contribution is 5.86. The van der Waals surface area contributed by atoms with Gasteiger partial charge in [-0.3, -0.25) is 4.79 Å². The summed E-state index contributed by atoms with van der Waals surface area (Å²) in [6.07, 6.45) is 6.07. The molecule has 1 aliphatic carbocycles. The maximum Gasteiger partial charge on any atom is 0.240 e. The van der Waals surface area contributed by atoms with Crippen LogP contribution in [0, 0.1) is 5.92 Å². The molecule has 0 radical (unpaired) electrons. The van der Waals surface area contributed by atoms with Gasteiger partial charge in [0.2, 0.25) is 5.91 Å². The molecule has 1 saturated carbocycles.